The Bertz CT molecular complexity index is 2940. The molecule has 3 aromatic carbocycles. The molecule has 6 aliphatic rings. The van der Waals surface area contributed by atoms with E-state index in [1.807, 2.05) is 41.4 Å². The van der Waals surface area contributed by atoms with E-state index in [2.05, 4.69) is 62.6 Å². The van der Waals surface area contributed by atoms with Crippen molar-refractivity contribution in [3.8, 4) is 5.88 Å². The zero-order chi connectivity index (χ0) is 48.4. The number of methoxy groups -OCH3 is 1. The smallest absolute Gasteiger partial charge is 0.293 e. The van der Waals surface area contributed by atoms with Gasteiger partial charge in [0.05, 0.1) is 45.9 Å². The first kappa shape index (κ1) is 46.4. The van der Waals surface area contributed by atoms with Crippen LogP contribution in [0.15, 0.2) is 90.5 Å². The predicted molar refractivity (Wildman–Crippen MR) is 269 cm³/mol. The molecule has 1 spiro atoms. The number of nitrogens with one attached hydrogen (secondary N) is 3. The number of sulfonamides is 1. The number of anilines is 4. The van der Waals surface area contributed by atoms with E-state index in [0.29, 0.717) is 54.7 Å². The topological polar surface area (TPSA) is 184 Å². The number of nitrogens with zero attached hydrogens (tertiary/aromatic N) is 5. The Morgan fingerprint density at radius 2 is 1.80 bits per heavy atom. The minimum atomic E-state index is -4.60. The Labute approximate surface area is 409 Å². The second kappa shape index (κ2) is 18.3. The Hall–Kier alpha value is -6.01. The summed E-state index contributed by atoms with van der Waals surface area (Å²) in [5, 5.41) is 16.4. The Morgan fingerprint density at radius 1 is 1.00 bits per heavy atom. The average molecular weight is 971 g/mol. The summed E-state index contributed by atoms with van der Waals surface area (Å²) in [4.78, 5) is 41.1. The van der Waals surface area contributed by atoms with Gasteiger partial charge in [-0.15, -0.1) is 0 Å². The number of amides is 1. The number of aromatic amines is 1. The fourth-order valence-corrected chi connectivity index (χ4v) is 13.4. The third-order valence-corrected chi connectivity index (χ3v) is 18.0. The number of piperidine rings is 1. The first-order valence-corrected chi connectivity index (χ1v) is 26.3. The van der Waals surface area contributed by atoms with Gasteiger partial charge in [-0.3, -0.25) is 19.8 Å². The molecule has 3 atom stereocenters. The van der Waals surface area contributed by atoms with Crippen molar-refractivity contribution in [3.63, 3.8) is 0 Å². The summed E-state index contributed by atoms with van der Waals surface area (Å²) in [5.74, 6) is -0.223. The van der Waals surface area contributed by atoms with Gasteiger partial charge in [0.2, 0.25) is 5.88 Å². The summed E-state index contributed by atoms with van der Waals surface area (Å²) in [6.45, 7) is 10.1. The molecule has 5 fully saturated rings. The molecule has 2 saturated carbocycles. The second-order valence-electron chi connectivity index (χ2n) is 20.7. The van der Waals surface area contributed by atoms with Crippen LogP contribution in [0, 0.1) is 21.4 Å². The van der Waals surface area contributed by atoms with E-state index in [4.69, 9.17) is 19.2 Å². The number of nitro benzene ring substituents is 1. The molecule has 11 rings (SSSR count). The number of aromatic nitrogens is 2. The van der Waals surface area contributed by atoms with E-state index < -0.39 is 37.5 Å². The molecule has 0 unspecified atom stereocenters. The highest BCUT2D eigenvalue weighted by molar-refractivity contribution is 7.90. The summed E-state index contributed by atoms with van der Waals surface area (Å²) in [5.41, 5.74) is 5.31. The van der Waals surface area contributed by atoms with E-state index in [1.54, 1.807) is 13.2 Å². The molecule has 70 heavy (non-hydrogen) atoms. The number of benzene rings is 3. The maximum absolute atomic E-state index is 14.6. The first-order chi connectivity index (χ1) is 33.8. The second-order valence-corrected chi connectivity index (χ2v) is 22.4. The molecule has 2 aliphatic carbocycles. The molecule has 5 aromatic rings. The van der Waals surface area contributed by atoms with Crippen molar-refractivity contribution in [2.75, 3.05) is 61.6 Å². The molecular formula is C53H62N8O8S. The Morgan fingerprint density at radius 3 is 2.57 bits per heavy atom. The van der Waals surface area contributed by atoms with Crippen molar-refractivity contribution < 1.29 is 32.3 Å². The SMILES string of the molecule is C=Cc1ccccc1[C@@H]1CCCN1C1CC2(CCN(c3ccc(C(=O)NS(=O)(=O)c4ccc(NCC5CCC(C)(OC)CC5)c([N+](=O)[O-])c4)c(N4c5cc6cc[nH]c6nc5O[C@H]5COC[C@@H]54)c3)CC2)C1. The van der Waals surface area contributed by atoms with E-state index >= 15 is 0 Å². The van der Waals surface area contributed by atoms with Gasteiger partial charge in [0.25, 0.3) is 21.6 Å². The Balaban J connectivity index is 0.853. The highest BCUT2D eigenvalue weighted by Gasteiger charge is 2.50. The molecule has 1 amide bonds. The van der Waals surface area contributed by atoms with Crippen LogP contribution in [0.3, 0.4) is 0 Å². The monoisotopic (exact) mass is 970 g/mol. The number of ether oxygens (including phenoxy) is 3. The van der Waals surface area contributed by atoms with Gasteiger partial charge in [0.1, 0.15) is 23.1 Å². The lowest BCUT2D eigenvalue weighted by Gasteiger charge is -2.56. The van der Waals surface area contributed by atoms with Crippen LogP contribution in [0.4, 0.5) is 28.4 Å². The van der Waals surface area contributed by atoms with E-state index in [0.717, 1.165) is 75.3 Å². The largest absolute Gasteiger partial charge is 0.468 e. The quantitative estimate of drug-likeness (QED) is 0.0751. The molecule has 3 saturated heterocycles. The predicted octanol–water partition coefficient (Wildman–Crippen LogP) is 9.12. The van der Waals surface area contributed by atoms with Crippen molar-refractivity contribution in [3.05, 3.63) is 112 Å². The molecule has 368 valence electrons. The van der Waals surface area contributed by atoms with Gasteiger partial charge in [-0.1, -0.05) is 36.9 Å². The molecule has 3 N–H and O–H groups in total. The summed E-state index contributed by atoms with van der Waals surface area (Å²) < 4.78 is 48.7. The van der Waals surface area contributed by atoms with Crippen LogP contribution in [-0.2, 0) is 19.5 Å². The lowest BCUT2D eigenvalue weighted by molar-refractivity contribution is -0.384. The van der Waals surface area contributed by atoms with Crippen LogP contribution in [0.25, 0.3) is 17.1 Å². The number of fused-ring (bicyclic) bond motifs is 3. The molecule has 2 aromatic heterocycles. The highest BCUT2D eigenvalue weighted by Crippen LogP contribution is 2.55. The summed E-state index contributed by atoms with van der Waals surface area (Å²) in [7, 11) is -2.88. The molecule has 0 bridgehead atoms. The van der Waals surface area contributed by atoms with Crippen molar-refractivity contribution in [1.29, 1.82) is 0 Å². The number of carbonyl (C=O) groups excluding carboxylic acids is 1. The maximum atomic E-state index is 14.6. The van der Waals surface area contributed by atoms with Gasteiger partial charge >= 0.3 is 0 Å². The lowest BCUT2D eigenvalue weighted by Crippen LogP contribution is -2.55. The number of carbonyl (C=O) groups is 1. The number of pyridine rings is 1. The van der Waals surface area contributed by atoms with Gasteiger partial charge in [0, 0.05) is 62.2 Å². The van der Waals surface area contributed by atoms with Crippen LogP contribution in [0.2, 0.25) is 0 Å². The molecule has 4 aliphatic heterocycles. The summed E-state index contributed by atoms with van der Waals surface area (Å²) in [6, 6.07) is 22.4. The third kappa shape index (κ3) is 8.57. The fraction of sp³-hybridized carbons (Fsp3) is 0.472. The number of hydrogen-bond donors (Lipinski definition) is 3. The van der Waals surface area contributed by atoms with Gasteiger partial charge in [0.15, 0.2) is 0 Å². The van der Waals surface area contributed by atoms with Crippen molar-refractivity contribution in [1.82, 2.24) is 19.6 Å². The van der Waals surface area contributed by atoms with Crippen LogP contribution < -0.4 is 24.6 Å². The first-order valence-electron chi connectivity index (χ1n) is 24.9. The standard InChI is InChI=1S/C53H62N8O8S/c1-4-35-8-5-6-9-40(35)43-10-7-23-59(43)38-29-53(30-38)20-24-58(25-21-53)37-11-13-41(44(27-37)60-46-26-36-17-22-54-49(36)56-51(46)69-48-33-68-32-47(48)60)50(62)57-70(65,66)39-12-14-42(45(28-39)61(63)64)55-31-34-15-18-52(2,67-3)19-16-34/h4-6,8-9,11-14,17,22,26-28,34,38,43,47-48,55H,1,7,10,15-16,18-21,23-25,29-33H2,2-3H3,(H,54,56)(H,57,62)/t34?,43-,47-,48-,52?/m0/s1. The minimum Gasteiger partial charge on any atom is -0.468 e. The number of H-pyrrole nitrogens is 1. The van der Waals surface area contributed by atoms with Crippen molar-refractivity contribution in [2.45, 2.75) is 106 Å². The summed E-state index contributed by atoms with van der Waals surface area (Å²) in [6.07, 6.45) is 13.8. The van der Waals surface area contributed by atoms with Crippen LogP contribution in [-0.4, -0.2) is 104 Å². The van der Waals surface area contributed by atoms with E-state index in [1.165, 1.54) is 48.9 Å². The van der Waals surface area contributed by atoms with Gasteiger partial charge in [-0.05, 0) is 143 Å². The van der Waals surface area contributed by atoms with E-state index in [9.17, 15) is 23.3 Å². The zero-order valence-electron chi connectivity index (χ0n) is 39.9. The highest BCUT2D eigenvalue weighted by atomic mass is 32.2. The zero-order valence-corrected chi connectivity index (χ0v) is 40.7. The van der Waals surface area contributed by atoms with Crippen molar-refractivity contribution >= 4 is 61.5 Å². The molecule has 16 nitrogen and oxygen atoms in total. The molecule has 17 heteroatoms. The number of hydrogen-bond acceptors (Lipinski definition) is 13. The molecule has 6 heterocycles. The lowest BCUT2D eigenvalue weighted by atomic mass is 9.59. The number of nitro groups is 1. The van der Waals surface area contributed by atoms with Gasteiger partial charge in [-0.25, -0.2) is 13.1 Å². The Kier molecular flexibility index (Phi) is 12.1. The average Bonchev–Trinajstić information content (AvgIpc) is 4.16. The molecular weight excluding hydrogens is 909 g/mol. The van der Waals surface area contributed by atoms with Gasteiger partial charge < -0.3 is 34.3 Å². The maximum Gasteiger partial charge on any atom is 0.293 e. The van der Waals surface area contributed by atoms with Gasteiger partial charge in [-0.2, -0.15) is 4.98 Å². The fourth-order valence-electron chi connectivity index (χ4n) is 12.4. The summed E-state index contributed by atoms with van der Waals surface area (Å²) >= 11 is 0. The van der Waals surface area contributed by atoms with Crippen LogP contribution in [0.1, 0.15) is 98.7 Å². The third-order valence-electron chi connectivity index (χ3n) is 16.6. The molecule has 0 radical (unpaired) electrons. The van der Waals surface area contributed by atoms with E-state index in [-0.39, 0.29) is 34.2 Å². The van der Waals surface area contributed by atoms with Crippen LogP contribution >= 0.6 is 0 Å². The number of rotatable bonds is 13. The minimum absolute atomic E-state index is 0.110. The normalized spacial score (nSPS) is 25.5. The number of likely N-dealkylation sites (tertiary alicyclic amines) is 1. The van der Waals surface area contributed by atoms with Crippen LogP contribution in [0.5, 0.6) is 5.88 Å². The van der Waals surface area contributed by atoms with Crippen molar-refractivity contribution in [2.24, 2.45) is 11.3 Å².